The van der Waals surface area contributed by atoms with Gasteiger partial charge in [-0.1, -0.05) is 40.8 Å². The molecule has 4 heterocycles. The number of fused-ring (bicyclic) bond motifs is 2. The number of hydrogen-bond acceptors (Lipinski definition) is 7. The summed E-state index contributed by atoms with van der Waals surface area (Å²) < 4.78 is 1.37. The summed E-state index contributed by atoms with van der Waals surface area (Å²) in [6.45, 7) is -0.215. The number of thiazole rings is 1. The Morgan fingerprint density at radius 2 is 1.94 bits per heavy atom. The first-order valence-corrected chi connectivity index (χ1v) is 11.7. The summed E-state index contributed by atoms with van der Waals surface area (Å²) in [5.74, 6) is -2.27. The summed E-state index contributed by atoms with van der Waals surface area (Å²) in [5, 5.41) is 5.54. The lowest BCUT2D eigenvalue weighted by Gasteiger charge is -2.30. The summed E-state index contributed by atoms with van der Waals surface area (Å²) in [7, 11) is 0. The predicted octanol–water partition coefficient (Wildman–Crippen LogP) is 2.48. The minimum atomic E-state index is -0.681. The Balaban J connectivity index is 1.52. The van der Waals surface area contributed by atoms with E-state index < -0.39 is 17.1 Å². The molecule has 0 radical (unpaired) electrons. The highest BCUT2D eigenvalue weighted by molar-refractivity contribution is 8.00. The number of hydrogen-bond donors (Lipinski definition) is 2. The fourth-order valence-electron chi connectivity index (χ4n) is 3.97. The van der Waals surface area contributed by atoms with Gasteiger partial charge in [0.15, 0.2) is 0 Å². The molecule has 2 aliphatic heterocycles. The van der Waals surface area contributed by atoms with E-state index in [9.17, 15) is 19.2 Å². The largest absolute Gasteiger partial charge is 0.325 e. The van der Waals surface area contributed by atoms with Crippen LogP contribution >= 0.6 is 34.7 Å². The van der Waals surface area contributed by atoms with E-state index in [4.69, 9.17) is 11.6 Å². The first-order chi connectivity index (χ1) is 15.4. The highest BCUT2D eigenvalue weighted by atomic mass is 35.5. The van der Waals surface area contributed by atoms with E-state index in [0.29, 0.717) is 20.6 Å². The zero-order valence-electron chi connectivity index (χ0n) is 16.3. The van der Waals surface area contributed by atoms with Crippen LogP contribution in [0.4, 0.5) is 5.69 Å². The summed E-state index contributed by atoms with van der Waals surface area (Å²) in [6, 6.07) is 10.2. The molecule has 1 fully saturated rings. The number of halogens is 1. The molecule has 5 rings (SSSR count). The average Bonchev–Trinajstić information content (AvgIpc) is 3.24. The van der Waals surface area contributed by atoms with Crippen molar-refractivity contribution in [3.8, 4) is 0 Å². The average molecular weight is 487 g/mol. The maximum Gasteiger partial charge on any atom is 0.308 e. The lowest BCUT2D eigenvalue weighted by atomic mass is 9.84. The fraction of sp³-hybridized carbons (Fsp3) is 0.190. The molecule has 0 aliphatic carbocycles. The van der Waals surface area contributed by atoms with Gasteiger partial charge in [0.05, 0.1) is 10.9 Å². The minimum Gasteiger partial charge on any atom is -0.325 e. The van der Waals surface area contributed by atoms with Crippen LogP contribution in [0.1, 0.15) is 16.4 Å². The number of amides is 3. The zero-order chi connectivity index (χ0) is 22.4. The molecule has 0 saturated carbocycles. The second-order valence-corrected chi connectivity index (χ2v) is 9.92. The highest BCUT2D eigenvalue weighted by Gasteiger charge is 2.52. The van der Waals surface area contributed by atoms with Crippen LogP contribution in [0.3, 0.4) is 0 Å². The van der Waals surface area contributed by atoms with E-state index in [1.807, 2.05) is 6.07 Å². The van der Waals surface area contributed by atoms with E-state index in [0.717, 1.165) is 28.7 Å². The molecule has 1 aromatic carbocycles. The van der Waals surface area contributed by atoms with Gasteiger partial charge in [-0.05, 0) is 35.9 Å². The summed E-state index contributed by atoms with van der Waals surface area (Å²) in [6.07, 6.45) is 3.26. The molecule has 2 N–H and O–H groups in total. The maximum atomic E-state index is 12.9. The number of carbonyl (C=O) groups excluding carboxylic acids is 3. The first kappa shape index (κ1) is 20.9. The van der Waals surface area contributed by atoms with Crippen molar-refractivity contribution >= 4 is 58.1 Å². The third-order valence-corrected chi connectivity index (χ3v) is 8.23. The molecule has 2 aromatic heterocycles. The van der Waals surface area contributed by atoms with Gasteiger partial charge in [-0.2, -0.15) is 0 Å². The Kier molecular flexibility index (Phi) is 5.36. The maximum absolute atomic E-state index is 12.9. The molecule has 3 aromatic rings. The Hall–Kier alpha value is -2.95. The molecule has 2 unspecified atom stereocenters. The third-order valence-electron chi connectivity index (χ3n) is 5.36. The van der Waals surface area contributed by atoms with Crippen molar-refractivity contribution in [1.82, 2.24) is 14.9 Å². The van der Waals surface area contributed by atoms with E-state index >= 15 is 0 Å². The smallest absolute Gasteiger partial charge is 0.308 e. The van der Waals surface area contributed by atoms with Crippen molar-refractivity contribution in [2.45, 2.75) is 22.7 Å². The lowest BCUT2D eigenvalue weighted by Crippen LogP contribution is -2.32. The number of aromatic nitrogens is 2. The van der Waals surface area contributed by atoms with E-state index in [2.05, 4.69) is 15.6 Å². The van der Waals surface area contributed by atoms with Crippen molar-refractivity contribution in [2.75, 3.05) is 5.32 Å². The Bertz CT molecular complexity index is 1290. The minimum absolute atomic E-state index is 0.215. The number of nitrogens with zero attached hydrogens (tertiary/aromatic N) is 2. The van der Waals surface area contributed by atoms with Crippen LogP contribution in [0.15, 0.2) is 58.6 Å². The lowest BCUT2D eigenvalue weighted by molar-refractivity contribution is -0.126. The molecule has 2 aliphatic rings. The molecule has 8 nitrogen and oxygen atoms in total. The standard InChI is InChI=1S/C21H15ClN4O4S2/c22-11-3-5-12(6-4-11)24-13(27)9-26-20-17(32-21(26)30)14(10-2-1-7-23-8-10)15-16(31-20)19(29)25-18(15)28/h1-8,14-16H,9H2,(H,24,27)(H,25,28,29)/t14-,15?,16?/m0/s1. The summed E-state index contributed by atoms with van der Waals surface area (Å²) in [4.78, 5) is 55.1. The van der Waals surface area contributed by atoms with Crippen molar-refractivity contribution in [3.05, 3.63) is 73.9 Å². The van der Waals surface area contributed by atoms with Crippen molar-refractivity contribution in [1.29, 1.82) is 0 Å². The number of rotatable bonds is 4. The number of thioether (sulfide) groups is 1. The quantitative estimate of drug-likeness (QED) is 0.548. The Labute approximate surface area is 195 Å². The monoisotopic (exact) mass is 486 g/mol. The molecule has 0 bridgehead atoms. The van der Waals surface area contributed by atoms with Crippen LogP contribution in [-0.2, 0) is 20.9 Å². The molecular weight excluding hydrogens is 472 g/mol. The van der Waals surface area contributed by atoms with Crippen molar-refractivity contribution in [2.24, 2.45) is 5.92 Å². The third kappa shape index (κ3) is 3.64. The Morgan fingerprint density at radius 1 is 1.16 bits per heavy atom. The number of carbonyl (C=O) groups is 3. The molecular formula is C21H15ClN4O4S2. The van der Waals surface area contributed by atoms with Crippen LogP contribution in [0.25, 0.3) is 0 Å². The van der Waals surface area contributed by atoms with Gasteiger partial charge in [0.1, 0.15) is 11.8 Å². The van der Waals surface area contributed by atoms with Gasteiger partial charge in [0.25, 0.3) is 0 Å². The molecule has 32 heavy (non-hydrogen) atoms. The van der Waals surface area contributed by atoms with Gasteiger partial charge < -0.3 is 5.32 Å². The van der Waals surface area contributed by atoms with Crippen LogP contribution in [0, 0.1) is 5.92 Å². The number of pyridine rings is 1. The molecule has 0 spiro atoms. The fourth-order valence-corrected chi connectivity index (χ4v) is 6.84. The second kappa shape index (κ2) is 8.19. The van der Waals surface area contributed by atoms with E-state index in [1.54, 1.807) is 42.7 Å². The predicted molar refractivity (Wildman–Crippen MR) is 121 cm³/mol. The van der Waals surface area contributed by atoms with Crippen LogP contribution in [-0.4, -0.2) is 32.5 Å². The number of nitrogens with one attached hydrogen (secondary N) is 2. The first-order valence-electron chi connectivity index (χ1n) is 9.62. The SMILES string of the molecule is O=C(Cn1c2c(sc1=O)[C@@H](c1cccnc1)C1C(=O)NC(=O)C1S2)Nc1ccc(Cl)cc1. The molecule has 3 amide bonds. The van der Waals surface area contributed by atoms with Gasteiger partial charge >= 0.3 is 4.87 Å². The van der Waals surface area contributed by atoms with Crippen LogP contribution < -0.4 is 15.5 Å². The van der Waals surface area contributed by atoms with Gasteiger partial charge in [-0.3, -0.25) is 34.0 Å². The summed E-state index contributed by atoms with van der Waals surface area (Å²) in [5.41, 5.74) is 1.30. The topological polar surface area (TPSA) is 110 Å². The second-order valence-electron chi connectivity index (χ2n) is 7.36. The van der Waals surface area contributed by atoms with Crippen LogP contribution in [0.2, 0.25) is 5.02 Å². The van der Waals surface area contributed by atoms with Gasteiger partial charge in [-0.15, -0.1) is 0 Å². The van der Waals surface area contributed by atoms with Crippen molar-refractivity contribution < 1.29 is 14.4 Å². The van der Waals surface area contributed by atoms with Crippen LogP contribution in [0.5, 0.6) is 0 Å². The normalized spacial score (nSPS) is 21.6. The van der Waals surface area contributed by atoms with E-state index in [-0.39, 0.29) is 29.1 Å². The number of benzene rings is 1. The zero-order valence-corrected chi connectivity index (χ0v) is 18.7. The molecule has 162 valence electrons. The van der Waals surface area contributed by atoms with E-state index in [1.165, 1.54) is 4.57 Å². The highest BCUT2D eigenvalue weighted by Crippen LogP contribution is 2.51. The van der Waals surface area contributed by atoms with Crippen molar-refractivity contribution in [3.63, 3.8) is 0 Å². The number of imide groups is 1. The summed E-state index contributed by atoms with van der Waals surface area (Å²) >= 11 is 8.02. The number of anilines is 1. The van der Waals surface area contributed by atoms with Gasteiger partial charge in [-0.25, -0.2) is 0 Å². The van der Waals surface area contributed by atoms with Gasteiger partial charge in [0.2, 0.25) is 17.7 Å². The molecule has 1 saturated heterocycles. The molecule has 3 atom stereocenters. The van der Waals surface area contributed by atoms with Gasteiger partial charge in [0, 0.05) is 33.9 Å². The Morgan fingerprint density at radius 3 is 2.66 bits per heavy atom. The molecule has 11 heteroatoms.